The summed E-state index contributed by atoms with van der Waals surface area (Å²) in [6, 6.07) is 11.6. The second-order valence-electron chi connectivity index (χ2n) is 5.39. The quantitative estimate of drug-likeness (QED) is 0.887. The number of hydrogen-bond acceptors (Lipinski definition) is 2. The third kappa shape index (κ3) is 5.01. The molecule has 1 aromatic carbocycles. The van der Waals surface area contributed by atoms with Crippen molar-refractivity contribution in [1.82, 2.24) is 10.2 Å². The van der Waals surface area contributed by atoms with Gasteiger partial charge >= 0.3 is 0 Å². The van der Waals surface area contributed by atoms with E-state index in [1.807, 2.05) is 19.9 Å². The van der Waals surface area contributed by atoms with Crippen LogP contribution in [-0.2, 0) is 0 Å². The zero-order chi connectivity index (χ0) is 15.0. The maximum atomic E-state index is 4.15. The molecule has 0 unspecified atom stereocenters. The first-order chi connectivity index (χ1) is 9.66. The van der Waals surface area contributed by atoms with Crippen LogP contribution in [0.4, 0.5) is 0 Å². The molecule has 1 aliphatic rings. The molecule has 0 atom stereocenters. The third-order valence-corrected chi connectivity index (χ3v) is 3.76. The van der Waals surface area contributed by atoms with E-state index in [1.165, 1.54) is 31.5 Å². The Balaban J connectivity index is 0.000000956. The highest BCUT2D eigenvalue weighted by atomic mass is 15.2. The van der Waals surface area contributed by atoms with E-state index < -0.39 is 0 Å². The standard InChI is InChI=1S/C16H24N2.C2H6/c1-13(2)18-11-9-16(10-12-18)17-14(3)15-7-5-4-6-8-15;1-2/h4-8,13,16-17H,3,9-12H2,1-2H3;1-2H3. The smallest absolute Gasteiger partial charge is 0.0342 e. The molecule has 1 aromatic rings. The molecule has 112 valence electrons. The molecular formula is C18H30N2. The fourth-order valence-electron chi connectivity index (χ4n) is 2.53. The zero-order valence-corrected chi connectivity index (χ0v) is 13.5. The van der Waals surface area contributed by atoms with Crippen molar-refractivity contribution in [2.24, 2.45) is 0 Å². The lowest BCUT2D eigenvalue weighted by atomic mass is 10.0. The fraction of sp³-hybridized carbons (Fsp3) is 0.556. The molecule has 0 saturated carbocycles. The number of rotatable bonds is 4. The minimum absolute atomic E-state index is 0.577. The normalized spacial score (nSPS) is 16.4. The summed E-state index contributed by atoms with van der Waals surface area (Å²) in [7, 11) is 0. The molecule has 0 aromatic heterocycles. The molecular weight excluding hydrogens is 244 g/mol. The minimum atomic E-state index is 0.577. The van der Waals surface area contributed by atoms with E-state index in [9.17, 15) is 0 Å². The van der Waals surface area contributed by atoms with E-state index in [0.29, 0.717) is 12.1 Å². The number of piperidine rings is 1. The van der Waals surface area contributed by atoms with Crippen molar-refractivity contribution in [3.8, 4) is 0 Å². The van der Waals surface area contributed by atoms with Crippen LogP contribution in [0.3, 0.4) is 0 Å². The molecule has 2 rings (SSSR count). The monoisotopic (exact) mass is 274 g/mol. The molecule has 1 N–H and O–H groups in total. The van der Waals surface area contributed by atoms with Gasteiger partial charge in [0, 0.05) is 30.9 Å². The van der Waals surface area contributed by atoms with Gasteiger partial charge in [-0.3, -0.25) is 0 Å². The van der Waals surface area contributed by atoms with Crippen LogP contribution in [0.15, 0.2) is 36.9 Å². The molecule has 20 heavy (non-hydrogen) atoms. The van der Waals surface area contributed by atoms with Gasteiger partial charge in [0.2, 0.25) is 0 Å². The summed E-state index contributed by atoms with van der Waals surface area (Å²) in [5.41, 5.74) is 2.25. The largest absolute Gasteiger partial charge is 0.382 e. The van der Waals surface area contributed by atoms with Gasteiger partial charge in [-0.05, 0) is 32.3 Å². The van der Waals surface area contributed by atoms with Crippen LogP contribution in [0.5, 0.6) is 0 Å². The first kappa shape index (κ1) is 16.8. The molecule has 0 radical (unpaired) electrons. The topological polar surface area (TPSA) is 15.3 Å². The maximum Gasteiger partial charge on any atom is 0.0342 e. The Morgan fingerprint density at radius 1 is 1.15 bits per heavy atom. The van der Waals surface area contributed by atoms with Crippen LogP contribution >= 0.6 is 0 Å². The predicted molar refractivity (Wildman–Crippen MR) is 89.7 cm³/mol. The number of nitrogens with one attached hydrogen (secondary N) is 1. The van der Waals surface area contributed by atoms with Gasteiger partial charge in [0.1, 0.15) is 0 Å². The molecule has 0 spiro atoms. The van der Waals surface area contributed by atoms with E-state index in [4.69, 9.17) is 0 Å². The molecule has 0 bridgehead atoms. The summed E-state index contributed by atoms with van der Waals surface area (Å²) in [5.74, 6) is 0. The summed E-state index contributed by atoms with van der Waals surface area (Å²) in [4.78, 5) is 2.55. The van der Waals surface area contributed by atoms with Gasteiger partial charge in [0.15, 0.2) is 0 Å². The molecule has 1 fully saturated rings. The summed E-state index contributed by atoms with van der Waals surface area (Å²) in [6.45, 7) is 15.1. The average molecular weight is 274 g/mol. The lowest BCUT2D eigenvalue weighted by Crippen LogP contribution is -2.44. The number of hydrogen-bond donors (Lipinski definition) is 1. The molecule has 1 heterocycles. The van der Waals surface area contributed by atoms with Crippen LogP contribution in [0.2, 0.25) is 0 Å². The minimum Gasteiger partial charge on any atom is -0.382 e. The van der Waals surface area contributed by atoms with Crippen LogP contribution in [0.1, 0.15) is 46.1 Å². The number of likely N-dealkylation sites (tertiary alicyclic amines) is 1. The zero-order valence-electron chi connectivity index (χ0n) is 13.5. The van der Waals surface area contributed by atoms with E-state index in [0.717, 1.165) is 5.70 Å². The third-order valence-electron chi connectivity index (χ3n) is 3.76. The van der Waals surface area contributed by atoms with Crippen molar-refractivity contribution >= 4 is 5.70 Å². The summed E-state index contributed by atoms with van der Waals surface area (Å²) >= 11 is 0. The van der Waals surface area contributed by atoms with Gasteiger partial charge in [-0.25, -0.2) is 0 Å². The highest BCUT2D eigenvalue weighted by Gasteiger charge is 2.20. The van der Waals surface area contributed by atoms with Gasteiger partial charge < -0.3 is 10.2 Å². The Hall–Kier alpha value is -1.28. The van der Waals surface area contributed by atoms with Crippen molar-refractivity contribution in [3.05, 3.63) is 42.5 Å². The van der Waals surface area contributed by atoms with Crippen LogP contribution < -0.4 is 5.32 Å². The van der Waals surface area contributed by atoms with Gasteiger partial charge in [0.05, 0.1) is 0 Å². The van der Waals surface area contributed by atoms with Crippen molar-refractivity contribution in [1.29, 1.82) is 0 Å². The Morgan fingerprint density at radius 3 is 2.20 bits per heavy atom. The van der Waals surface area contributed by atoms with Crippen LogP contribution in [0, 0.1) is 0 Å². The highest BCUT2D eigenvalue weighted by Crippen LogP contribution is 2.16. The second-order valence-corrected chi connectivity index (χ2v) is 5.39. The van der Waals surface area contributed by atoms with Crippen molar-refractivity contribution in [3.63, 3.8) is 0 Å². The molecule has 1 saturated heterocycles. The summed E-state index contributed by atoms with van der Waals surface area (Å²) in [6.07, 6.45) is 2.42. The molecule has 0 aliphatic carbocycles. The van der Waals surface area contributed by atoms with Crippen molar-refractivity contribution < 1.29 is 0 Å². The molecule has 1 aliphatic heterocycles. The van der Waals surface area contributed by atoms with Crippen LogP contribution in [-0.4, -0.2) is 30.1 Å². The Bertz CT molecular complexity index is 376. The SMILES string of the molecule is C=C(NC1CCN(C(C)C)CC1)c1ccccc1.CC. The number of benzene rings is 1. The predicted octanol–water partition coefficient (Wildman–Crippen LogP) is 4.15. The first-order valence-electron chi connectivity index (χ1n) is 7.91. The Kier molecular flexibility index (Phi) is 7.38. The fourth-order valence-corrected chi connectivity index (χ4v) is 2.53. The Labute approximate surface area is 124 Å². The van der Waals surface area contributed by atoms with Gasteiger partial charge in [-0.15, -0.1) is 0 Å². The molecule has 2 heteroatoms. The summed E-state index contributed by atoms with van der Waals surface area (Å²) < 4.78 is 0. The van der Waals surface area contributed by atoms with Crippen molar-refractivity contribution in [2.75, 3.05) is 13.1 Å². The first-order valence-corrected chi connectivity index (χ1v) is 7.91. The van der Waals surface area contributed by atoms with Crippen molar-refractivity contribution in [2.45, 2.75) is 52.6 Å². The number of nitrogens with zero attached hydrogens (tertiary/aromatic N) is 1. The Morgan fingerprint density at radius 2 is 1.70 bits per heavy atom. The van der Waals surface area contributed by atoms with Crippen LogP contribution in [0.25, 0.3) is 5.70 Å². The molecule has 2 nitrogen and oxygen atoms in total. The summed E-state index contributed by atoms with van der Waals surface area (Å²) in [5, 5.41) is 3.57. The molecule has 0 amide bonds. The lowest BCUT2D eigenvalue weighted by Gasteiger charge is -2.35. The van der Waals surface area contributed by atoms with Gasteiger partial charge in [-0.2, -0.15) is 0 Å². The van der Waals surface area contributed by atoms with E-state index in [1.54, 1.807) is 0 Å². The maximum absolute atomic E-state index is 4.15. The highest BCUT2D eigenvalue weighted by molar-refractivity contribution is 5.61. The second kappa shape index (κ2) is 8.80. The van der Waals surface area contributed by atoms with Gasteiger partial charge in [0.25, 0.3) is 0 Å². The van der Waals surface area contributed by atoms with E-state index in [-0.39, 0.29) is 0 Å². The lowest BCUT2D eigenvalue weighted by molar-refractivity contribution is 0.167. The van der Waals surface area contributed by atoms with Gasteiger partial charge in [-0.1, -0.05) is 50.8 Å². The van der Waals surface area contributed by atoms with E-state index in [2.05, 4.69) is 54.9 Å². The van der Waals surface area contributed by atoms with E-state index >= 15 is 0 Å². The average Bonchev–Trinajstić information content (AvgIpc) is 2.50.